The lowest BCUT2D eigenvalue weighted by Gasteiger charge is -2.08. The molecule has 1 aliphatic heterocycles. The summed E-state index contributed by atoms with van der Waals surface area (Å²) in [5.74, 6) is -0.517. The van der Waals surface area contributed by atoms with Crippen molar-refractivity contribution < 1.29 is 17.9 Å². The van der Waals surface area contributed by atoms with Crippen molar-refractivity contribution in [1.82, 2.24) is 10.3 Å². The lowest BCUT2D eigenvalue weighted by molar-refractivity contribution is -0.124. The summed E-state index contributed by atoms with van der Waals surface area (Å²) in [5.41, 5.74) is 0.876. The zero-order valence-corrected chi connectivity index (χ0v) is 13.1. The molecule has 1 aromatic heterocycles. The number of ether oxygens (including phenoxy) is 1. The molecule has 2 heterocycles. The van der Waals surface area contributed by atoms with E-state index in [9.17, 15) is 13.2 Å². The number of methoxy groups -OCH3 is 1. The summed E-state index contributed by atoms with van der Waals surface area (Å²) in [7, 11) is -1.41. The van der Waals surface area contributed by atoms with Crippen LogP contribution < -0.4 is 5.32 Å². The largest absolute Gasteiger partial charge is 0.378 e. The van der Waals surface area contributed by atoms with Crippen LogP contribution in [0, 0.1) is 12.8 Å². The van der Waals surface area contributed by atoms with Gasteiger partial charge in [-0.3, -0.25) is 4.79 Å². The van der Waals surface area contributed by atoms with Crippen molar-refractivity contribution in [3.05, 3.63) is 15.6 Å². The van der Waals surface area contributed by atoms with Gasteiger partial charge in [-0.15, -0.1) is 11.3 Å². The Morgan fingerprint density at radius 1 is 1.55 bits per heavy atom. The van der Waals surface area contributed by atoms with Gasteiger partial charge in [0.15, 0.2) is 9.84 Å². The number of nitrogens with one attached hydrogen (secondary N) is 1. The highest BCUT2D eigenvalue weighted by Gasteiger charge is 2.32. The molecule has 112 valence electrons. The molecule has 1 atom stereocenters. The van der Waals surface area contributed by atoms with Crippen molar-refractivity contribution in [2.24, 2.45) is 5.92 Å². The number of rotatable bonds is 5. The van der Waals surface area contributed by atoms with Crippen LogP contribution in [0.25, 0.3) is 0 Å². The third-order valence-corrected chi connectivity index (χ3v) is 6.13. The molecule has 8 heteroatoms. The van der Waals surface area contributed by atoms with Crippen LogP contribution in [0.2, 0.25) is 0 Å². The maximum absolute atomic E-state index is 11.9. The quantitative estimate of drug-likeness (QED) is 0.861. The van der Waals surface area contributed by atoms with Crippen molar-refractivity contribution in [1.29, 1.82) is 0 Å². The number of thiazole rings is 1. The number of aryl methyl sites for hydroxylation is 1. The molecule has 0 radical (unpaired) electrons. The van der Waals surface area contributed by atoms with Crippen molar-refractivity contribution in [2.75, 3.05) is 18.6 Å². The zero-order chi connectivity index (χ0) is 14.8. The van der Waals surface area contributed by atoms with Crippen LogP contribution in [0.3, 0.4) is 0 Å². The van der Waals surface area contributed by atoms with Crippen LogP contribution in [0.15, 0.2) is 0 Å². The maximum atomic E-state index is 11.9. The normalized spacial score (nSPS) is 21.0. The van der Waals surface area contributed by atoms with E-state index in [4.69, 9.17) is 4.74 Å². The second kappa shape index (κ2) is 6.19. The molecule has 0 bridgehead atoms. The molecule has 1 unspecified atom stereocenters. The monoisotopic (exact) mass is 318 g/mol. The number of aromatic nitrogens is 1. The molecular weight excluding hydrogens is 300 g/mol. The van der Waals surface area contributed by atoms with Gasteiger partial charge in [0.2, 0.25) is 5.91 Å². The number of hydrogen-bond acceptors (Lipinski definition) is 6. The number of nitrogens with zero attached hydrogens (tertiary/aromatic N) is 1. The summed E-state index contributed by atoms with van der Waals surface area (Å²) in [6.07, 6.45) is 0.421. The van der Waals surface area contributed by atoms with Gasteiger partial charge in [0.25, 0.3) is 0 Å². The Balaban J connectivity index is 1.90. The van der Waals surface area contributed by atoms with Crippen molar-refractivity contribution in [3.8, 4) is 0 Å². The lowest BCUT2D eigenvalue weighted by Crippen LogP contribution is -2.30. The van der Waals surface area contributed by atoms with Gasteiger partial charge in [-0.1, -0.05) is 0 Å². The van der Waals surface area contributed by atoms with Gasteiger partial charge in [-0.25, -0.2) is 13.4 Å². The molecule has 0 aliphatic carbocycles. The van der Waals surface area contributed by atoms with E-state index >= 15 is 0 Å². The smallest absolute Gasteiger partial charge is 0.224 e. The van der Waals surface area contributed by atoms with Crippen LogP contribution in [-0.4, -0.2) is 37.9 Å². The molecule has 1 N–H and O–H groups in total. The van der Waals surface area contributed by atoms with Crippen LogP contribution >= 0.6 is 11.3 Å². The van der Waals surface area contributed by atoms with E-state index in [0.29, 0.717) is 19.6 Å². The molecule has 1 amide bonds. The van der Waals surface area contributed by atoms with Gasteiger partial charge in [0.05, 0.1) is 36.3 Å². The molecule has 1 fully saturated rings. The predicted molar refractivity (Wildman–Crippen MR) is 76.2 cm³/mol. The Bertz CT molecular complexity index is 595. The summed E-state index contributed by atoms with van der Waals surface area (Å²) in [6.45, 7) is 2.74. The summed E-state index contributed by atoms with van der Waals surface area (Å²) >= 11 is 1.50. The van der Waals surface area contributed by atoms with Gasteiger partial charge >= 0.3 is 0 Å². The molecule has 1 aliphatic rings. The SMILES string of the molecule is COCc1nc(C)c(CNC(=O)C2CCS(=O)(=O)C2)s1. The van der Waals surface area contributed by atoms with E-state index in [-0.39, 0.29) is 17.4 Å². The van der Waals surface area contributed by atoms with Crippen LogP contribution in [-0.2, 0) is 32.5 Å². The Hall–Kier alpha value is -0.990. The van der Waals surface area contributed by atoms with Crippen molar-refractivity contribution >= 4 is 27.1 Å². The molecular formula is C12H18N2O4S2. The van der Waals surface area contributed by atoms with E-state index in [0.717, 1.165) is 15.6 Å². The zero-order valence-electron chi connectivity index (χ0n) is 11.5. The molecule has 1 aromatic rings. The van der Waals surface area contributed by atoms with Crippen molar-refractivity contribution in [3.63, 3.8) is 0 Å². The minimum Gasteiger partial charge on any atom is -0.378 e. The van der Waals surface area contributed by atoms with Gasteiger partial charge in [0, 0.05) is 12.0 Å². The number of amides is 1. The van der Waals surface area contributed by atoms with E-state index in [1.165, 1.54) is 11.3 Å². The Morgan fingerprint density at radius 2 is 2.30 bits per heavy atom. The second-order valence-corrected chi connectivity index (χ2v) is 8.26. The van der Waals surface area contributed by atoms with Gasteiger partial charge in [-0.05, 0) is 13.3 Å². The summed E-state index contributed by atoms with van der Waals surface area (Å²) in [6, 6.07) is 0. The number of carbonyl (C=O) groups excluding carboxylic acids is 1. The fourth-order valence-electron chi connectivity index (χ4n) is 2.15. The van der Waals surface area contributed by atoms with Crippen molar-refractivity contribution in [2.45, 2.75) is 26.5 Å². The number of hydrogen-bond donors (Lipinski definition) is 1. The molecule has 0 aromatic carbocycles. The first-order valence-corrected chi connectivity index (χ1v) is 8.97. The highest BCUT2D eigenvalue weighted by Crippen LogP contribution is 2.21. The van der Waals surface area contributed by atoms with Crippen LogP contribution in [0.5, 0.6) is 0 Å². The van der Waals surface area contributed by atoms with E-state index < -0.39 is 15.8 Å². The first-order valence-electron chi connectivity index (χ1n) is 6.33. The van der Waals surface area contributed by atoms with Crippen LogP contribution in [0.1, 0.15) is 22.0 Å². The molecule has 0 saturated carbocycles. The lowest BCUT2D eigenvalue weighted by atomic mass is 10.1. The Kier molecular flexibility index (Phi) is 4.77. The molecule has 0 spiro atoms. The summed E-state index contributed by atoms with van der Waals surface area (Å²) in [4.78, 5) is 17.3. The molecule has 1 saturated heterocycles. The first kappa shape index (κ1) is 15.4. The summed E-state index contributed by atoms with van der Waals surface area (Å²) in [5, 5.41) is 3.67. The van der Waals surface area contributed by atoms with E-state index in [2.05, 4.69) is 10.3 Å². The Morgan fingerprint density at radius 3 is 2.90 bits per heavy atom. The standard InChI is InChI=1S/C12H18N2O4S2/c1-8-10(19-11(14-8)6-18-2)5-13-12(15)9-3-4-20(16,17)7-9/h9H,3-7H2,1-2H3,(H,13,15). The Labute approximate surface area is 122 Å². The van der Waals surface area contributed by atoms with Gasteiger partial charge in [-0.2, -0.15) is 0 Å². The van der Waals surface area contributed by atoms with E-state index in [1.54, 1.807) is 7.11 Å². The maximum Gasteiger partial charge on any atom is 0.224 e. The van der Waals surface area contributed by atoms with E-state index in [1.807, 2.05) is 6.92 Å². The predicted octanol–water partition coefficient (Wildman–Crippen LogP) is 0.649. The minimum absolute atomic E-state index is 0.0323. The molecule has 20 heavy (non-hydrogen) atoms. The highest BCUT2D eigenvalue weighted by molar-refractivity contribution is 7.91. The topological polar surface area (TPSA) is 85.4 Å². The minimum atomic E-state index is -3.02. The fraction of sp³-hybridized carbons (Fsp3) is 0.667. The number of sulfone groups is 1. The van der Waals surface area contributed by atoms with Gasteiger partial charge in [0.1, 0.15) is 5.01 Å². The molecule has 6 nitrogen and oxygen atoms in total. The third-order valence-electron chi connectivity index (χ3n) is 3.23. The highest BCUT2D eigenvalue weighted by atomic mass is 32.2. The van der Waals surface area contributed by atoms with Gasteiger partial charge < -0.3 is 10.1 Å². The molecule has 2 rings (SSSR count). The second-order valence-electron chi connectivity index (χ2n) is 4.87. The number of carbonyl (C=O) groups is 1. The fourth-order valence-corrected chi connectivity index (χ4v) is 4.87. The summed E-state index contributed by atoms with van der Waals surface area (Å²) < 4.78 is 27.7. The van der Waals surface area contributed by atoms with Crippen LogP contribution in [0.4, 0.5) is 0 Å². The first-order chi connectivity index (χ1) is 9.41. The average molecular weight is 318 g/mol. The third kappa shape index (κ3) is 3.77. The average Bonchev–Trinajstić information content (AvgIpc) is 2.90.